The summed E-state index contributed by atoms with van der Waals surface area (Å²) < 4.78 is 6.05. The van der Waals surface area contributed by atoms with Crippen LogP contribution < -0.4 is 34.2 Å². The van der Waals surface area contributed by atoms with Gasteiger partial charge in [0.2, 0.25) is 0 Å². The molecule has 27 heavy (non-hydrogen) atoms. The molecule has 126 valence electrons. The molecule has 0 N–H and O–H groups in total. The molecule has 0 saturated heterocycles. The first-order chi connectivity index (χ1) is 13.4. The first-order valence-corrected chi connectivity index (χ1v) is 12.3. The molecule has 4 aromatic rings. The van der Waals surface area contributed by atoms with E-state index >= 15 is 0 Å². The summed E-state index contributed by atoms with van der Waals surface area (Å²) in [5.74, 6) is 0. The van der Waals surface area contributed by atoms with Gasteiger partial charge in [-0.2, -0.15) is 0 Å². The molecule has 0 saturated carbocycles. The van der Waals surface area contributed by atoms with Crippen molar-refractivity contribution >= 4 is 70.9 Å². The van der Waals surface area contributed by atoms with Crippen molar-refractivity contribution in [3.8, 4) is 11.3 Å². The summed E-state index contributed by atoms with van der Waals surface area (Å²) in [6, 6.07) is 22.8. The predicted molar refractivity (Wildman–Crippen MR) is 115 cm³/mol. The summed E-state index contributed by atoms with van der Waals surface area (Å²) in [7, 11) is 0. The third-order valence-corrected chi connectivity index (χ3v) is 9.97. The van der Waals surface area contributed by atoms with Crippen molar-refractivity contribution in [2.75, 3.05) is 0 Å². The molecule has 0 radical (unpaired) electrons. The zero-order valence-corrected chi connectivity index (χ0v) is 17.7. The molecule has 3 aromatic carbocycles. The molecule has 2 nitrogen and oxygen atoms in total. The molecule has 0 aliphatic carbocycles. The number of fused-ring (bicyclic) bond motifs is 4. The fourth-order valence-corrected chi connectivity index (χ4v) is 9.40. The Labute approximate surface area is 170 Å². The van der Waals surface area contributed by atoms with Crippen LogP contribution in [-0.4, -0.2) is 46.6 Å². The summed E-state index contributed by atoms with van der Waals surface area (Å²) in [4.78, 5) is 8.83. The van der Waals surface area contributed by atoms with Crippen LogP contribution in [0.4, 0.5) is 0 Å². The van der Waals surface area contributed by atoms with E-state index in [0.29, 0.717) is 36.6 Å². The quantitative estimate of drug-likeness (QED) is 0.274. The van der Waals surface area contributed by atoms with E-state index in [1.54, 1.807) is 17.9 Å². The number of nitrogens with zero attached hydrogens (tertiary/aromatic N) is 2. The van der Waals surface area contributed by atoms with Gasteiger partial charge in [0.25, 0.3) is 0 Å². The molecule has 2 aliphatic rings. The van der Waals surface area contributed by atoms with Gasteiger partial charge in [-0.1, -0.05) is 0 Å². The Balaban J connectivity index is 1.64. The number of aromatic nitrogens is 2. The predicted octanol–water partition coefficient (Wildman–Crippen LogP) is -1.40. The fraction of sp³-hybridized carbons (Fsp3) is 0. The van der Waals surface area contributed by atoms with Crippen LogP contribution >= 0.6 is 0 Å². The Bertz CT molecular complexity index is 1120. The fourth-order valence-electron chi connectivity index (χ4n) is 3.99. The molecule has 0 bridgehead atoms. The van der Waals surface area contributed by atoms with E-state index in [1.165, 1.54) is 34.3 Å². The number of hydrogen-bond acceptors (Lipinski definition) is 2. The van der Waals surface area contributed by atoms with E-state index in [0.717, 1.165) is 5.69 Å². The zero-order valence-electron chi connectivity index (χ0n) is 14.3. The zero-order chi connectivity index (χ0) is 17.8. The Morgan fingerprint density at radius 1 is 0.704 bits per heavy atom. The van der Waals surface area contributed by atoms with Gasteiger partial charge in [-0.15, -0.1) is 0 Å². The van der Waals surface area contributed by atoms with Crippen LogP contribution in [0, 0.1) is 0 Å². The number of benzene rings is 3. The second-order valence-electron chi connectivity index (χ2n) is 6.69. The van der Waals surface area contributed by atoms with Gasteiger partial charge in [-0.3, -0.25) is 0 Å². The van der Waals surface area contributed by atoms with Crippen molar-refractivity contribution in [3.05, 3.63) is 79.3 Å². The number of rotatable bonds is 1. The molecule has 0 atom stereocenters. The van der Waals surface area contributed by atoms with Crippen molar-refractivity contribution in [2.24, 2.45) is 0 Å². The van der Waals surface area contributed by atoms with Crippen LogP contribution in [0.5, 0.6) is 0 Å². The maximum absolute atomic E-state index is 4.55. The van der Waals surface area contributed by atoms with Crippen LogP contribution in [0.1, 0.15) is 0 Å². The summed E-state index contributed by atoms with van der Waals surface area (Å²) in [6.07, 6.45) is 5.39. The van der Waals surface area contributed by atoms with E-state index in [2.05, 4.69) is 70.6 Å². The van der Waals surface area contributed by atoms with Crippen LogP contribution in [0.2, 0.25) is 0 Å². The third kappa shape index (κ3) is 2.47. The van der Waals surface area contributed by atoms with Crippen LogP contribution in [0.15, 0.2) is 79.3 Å². The first kappa shape index (κ1) is 15.9. The van der Waals surface area contributed by atoms with E-state index in [9.17, 15) is 0 Å². The Kier molecular flexibility index (Phi) is 3.63. The molecule has 3 heterocycles. The van der Waals surface area contributed by atoms with Gasteiger partial charge < -0.3 is 0 Å². The van der Waals surface area contributed by atoms with E-state index in [1.807, 2.05) is 6.20 Å². The van der Waals surface area contributed by atoms with Crippen molar-refractivity contribution in [1.29, 1.82) is 0 Å². The van der Waals surface area contributed by atoms with Crippen LogP contribution in [-0.2, 0) is 0 Å². The van der Waals surface area contributed by atoms with Gasteiger partial charge >= 0.3 is 171 Å². The average molecular weight is 474 g/mol. The molecular formula is C22H13BN2Se2. The van der Waals surface area contributed by atoms with Crippen molar-refractivity contribution < 1.29 is 0 Å². The van der Waals surface area contributed by atoms with Crippen molar-refractivity contribution in [1.82, 2.24) is 9.97 Å². The number of hydrogen-bond donors (Lipinski definition) is 0. The van der Waals surface area contributed by atoms with Crippen LogP contribution in [0.25, 0.3) is 11.3 Å². The van der Waals surface area contributed by atoms with Gasteiger partial charge in [0.05, 0.1) is 0 Å². The molecule has 2 aliphatic heterocycles. The summed E-state index contributed by atoms with van der Waals surface area (Å²) in [5.41, 5.74) is 6.75. The van der Waals surface area contributed by atoms with Crippen LogP contribution in [0.3, 0.4) is 0 Å². The monoisotopic (exact) mass is 476 g/mol. The van der Waals surface area contributed by atoms with Crippen molar-refractivity contribution in [3.63, 3.8) is 0 Å². The van der Waals surface area contributed by atoms with Gasteiger partial charge in [-0.05, 0) is 0 Å². The van der Waals surface area contributed by atoms with E-state index in [-0.39, 0.29) is 0 Å². The minimum absolute atomic E-state index is 0.331. The van der Waals surface area contributed by atoms with E-state index < -0.39 is 0 Å². The minimum atomic E-state index is 0.331. The van der Waals surface area contributed by atoms with Gasteiger partial charge in [-0.25, -0.2) is 0 Å². The third-order valence-electron chi connectivity index (χ3n) is 5.15. The maximum atomic E-state index is 4.55. The molecule has 0 fully saturated rings. The standard InChI is InChI=1S/C22H13BN2Se2/c1-3-7-18-15(5-1)23-16-6-2-4-8-19(16)27-21-12-14(11-20(26-18)22(21)23)17-13-24-9-10-25-17/h1-13H. The molecule has 0 amide bonds. The average Bonchev–Trinajstić information content (AvgIpc) is 2.74. The molecule has 0 spiro atoms. The van der Waals surface area contributed by atoms with Gasteiger partial charge in [0.15, 0.2) is 0 Å². The molecule has 0 unspecified atom stereocenters. The molecule has 6 rings (SSSR count). The summed E-state index contributed by atoms with van der Waals surface area (Å²) in [6.45, 7) is 0.379. The second kappa shape index (κ2) is 6.19. The van der Waals surface area contributed by atoms with Gasteiger partial charge in [0, 0.05) is 0 Å². The summed E-state index contributed by atoms with van der Waals surface area (Å²) in [5, 5.41) is 0. The molecule has 5 heteroatoms. The topological polar surface area (TPSA) is 25.8 Å². The summed E-state index contributed by atoms with van der Waals surface area (Å²) >= 11 is 0.662. The normalized spacial score (nSPS) is 13.6. The van der Waals surface area contributed by atoms with Gasteiger partial charge in [0.1, 0.15) is 0 Å². The Morgan fingerprint density at radius 3 is 1.93 bits per heavy atom. The first-order valence-electron chi connectivity index (χ1n) is 8.86. The van der Waals surface area contributed by atoms with E-state index in [4.69, 9.17) is 0 Å². The molecular weight excluding hydrogens is 461 g/mol. The Morgan fingerprint density at radius 2 is 1.33 bits per heavy atom. The Hall–Kier alpha value is -2.16. The van der Waals surface area contributed by atoms with Crippen molar-refractivity contribution in [2.45, 2.75) is 0 Å². The molecule has 1 aromatic heterocycles. The second-order valence-corrected chi connectivity index (χ2v) is 11.2. The SMILES string of the molecule is c1ccc2c(c1)[Se]c1cc(-c3cnccn3)cc3c1B2c1ccccc1[Se]3.